The molecule has 0 fully saturated rings. The number of amides is 1. The van der Waals surface area contributed by atoms with Gasteiger partial charge in [0.05, 0.1) is 5.69 Å². The molecule has 0 saturated carbocycles. The van der Waals surface area contributed by atoms with Crippen LogP contribution in [0.5, 0.6) is 0 Å². The number of nitrogens with one attached hydrogen (secondary N) is 2. The molecule has 0 atom stereocenters. The molecule has 0 aliphatic rings. The van der Waals surface area contributed by atoms with Crippen molar-refractivity contribution in [3.8, 4) is 0 Å². The summed E-state index contributed by atoms with van der Waals surface area (Å²) in [7, 11) is 3.13. The summed E-state index contributed by atoms with van der Waals surface area (Å²) in [5, 5.41) is 7.08. The maximum absolute atomic E-state index is 12.3. The van der Waals surface area contributed by atoms with Gasteiger partial charge in [-0.3, -0.25) is 19.7 Å². The predicted octanol–water partition coefficient (Wildman–Crippen LogP) is 0.118. The first kappa shape index (κ1) is 16.7. The average Bonchev–Trinajstić information content (AvgIpc) is 2.81. The lowest BCUT2D eigenvalue weighted by Gasteiger charge is -2.17. The van der Waals surface area contributed by atoms with Crippen LogP contribution in [0.4, 0.5) is 0 Å². The zero-order chi connectivity index (χ0) is 17.1. The Hall–Kier alpha value is -2.64. The highest BCUT2D eigenvalue weighted by molar-refractivity contribution is 5.93. The third kappa shape index (κ3) is 3.58. The molecule has 0 aliphatic heterocycles. The molecule has 124 valence electrons. The van der Waals surface area contributed by atoms with E-state index in [1.165, 1.54) is 22.7 Å². The van der Waals surface area contributed by atoms with Crippen LogP contribution in [-0.4, -0.2) is 44.1 Å². The van der Waals surface area contributed by atoms with Gasteiger partial charge < -0.3 is 9.47 Å². The number of aryl methyl sites for hydroxylation is 3. The van der Waals surface area contributed by atoms with Crippen molar-refractivity contribution < 1.29 is 4.79 Å². The summed E-state index contributed by atoms with van der Waals surface area (Å²) in [6.07, 6.45) is 2.83. The Bertz CT molecular complexity index is 811. The van der Waals surface area contributed by atoms with E-state index in [-0.39, 0.29) is 5.56 Å². The summed E-state index contributed by atoms with van der Waals surface area (Å²) in [6, 6.07) is 0. The largest absolute Gasteiger partial charge is 0.341 e. The molecule has 0 saturated heterocycles. The monoisotopic (exact) mass is 319 g/mol. The summed E-state index contributed by atoms with van der Waals surface area (Å²) >= 11 is 0. The van der Waals surface area contributed by atoms with Crippen molar-refractivity contribution in [1.82, 2.24) is 24.6 Å². The van der Waals surface area contributed by atoms with E-state index in [9.17, 15) is 14.4 Å². The van der Waals surface area contributed by atoms with Crippen LogP contribution < -0.4 is 11.2 Å². The van der Waals surface area contributed by atoms with E-state index in [4.69, 9.17) is 0 Å². The van der Waals surface area contributed by atoms with Crippen LogP contribution in [-0.2, 0) is 13.5 Å². The van der Waals surface area contributed by atoms with Crippen LogP contribution in [0.3, 0.4) is 0 Å². The Morgan fingerprint density at radius 3 is 2.65 bits per heavy atom. The van der Waals surface area contributed by atoms with E-state index in [1.54, 1.807) is 7.05 Å². The normalized spacial score (nSPS) is 10.8. The van der Waals surface area contributed by atoms with Crippen LogP contribution in [0.2, 0.25) is 0 Å². The van der Waals surface area contributed by atoms with E-state index >= 15 is 0 Å². The van der Waals surface area contributed by atoms with E-state index in [0.29, 0.717) is 6.54 Å². The van der Waals surface area contributed by atoms with Crippen molar-refractivity contribution in [3.63, 3.8) is 0 Å². The highest BCUT2D eigenvalue weighted by atomic mass is 16.2. The summed E-state index contributed by atoms with van der Waals surface area (Å²) in [4.78, 5) is 39.0. The maximum Gasteiger partial charge on any atom is 0.328 e. The molecule has 8 heteroatoms. The maximum atomic E-state index is 12.3. The van der Waals surface area contributed by atoms with E-state index in [0.717, 1.165) is 29.8 Å². The van der Waals surface area contributed by atoms with Crippen LogP contribution >= 0.6 is 0 Å². The quantitative estimate of drug-likeness (QED) is 0.816. The zero-order valence-electron chi connectivity index (χ0n) is 13.8. The van der Waals surface area contributed by atoms with Gasteiger partial charge in [-0.05, 0) is 32.3 Å². The standard InChI is InChI=1S/C15H21N5O3/c1-9-11(10(2)18-17-9)6-5-7-19(3)14(22)12-8-20(4)15(23)16-13(12)21/h8H,5-7H2,1-4H3,(H,17,18)(H,16,21,23). The molecule has 2 aromatic rings. The lowest BCUT2D eigenvalue weighted by atomic mass is 10.1. The predicted molar refractivity (Wildman–Crippen MR) is 85.6 cm³/mol. The summed E-state index contributed by atoms with van der Waals surface area (Å²) in [5.74, 6) is -0.400. The summed E-state index contributed by atoms with van der Waals surface area (Å²) < 4.78 is 1.18. The van der Waals surface area contributed by atoms with Gasteiger partial charge in [0.25, 0.3) is 11.5 Å². The highest BCUT2D eigenvalue weighted by Crippen LogP contribution is 2.12. The van der Waals surface area contributed by atoms with Crippen LogP contribution in [0, 0.1) is 13.8 Å². The summed E-state index contributed by atoms with van der Waals surface area (Å²) in [6.45, 7) is 4.41. The molecule has 8 nitrogen and oxygen atoms in total. The summed E-state index contributed by atoms with van der Waals surface area (Å²) in [5.41, 5.74) is 1.92. The first-order valence-electron chi connectivity index (χ1n) is 7.37. The number of rotatable bonds is 5. The second kappa shape index (κ2) is 6.64. The molecule has 2 heterocycles. The molecule has 0 radical (unpaired) electrons. The second-order valence-corrected chi connectivity index (χ2v) is 5.66. The van der Waals surface area contributed by atoms with Crippen LogP contribution in [0.15, 0.2) is 15.8 Å². The van der Waals surface area contributed by atoms with Crippen molar-refractivity contribution in [1.29, 1.82) is 0 Å². The minimum atomic E-state index is -0.661. The minimum Gasteiger partial charge on any atom is -0.341 e. The molecule has 23 heavy (non-hydrogen) atoms. The third-order valence-corrected chi connectivity index (χ3v) is 3.89. The minimum absolute atomic E-state index is 0.0368. The molecule has 1 amide bonds. The molecule has 2 rings (SSSR count). The average molecular weight is 319 g/mol. The van der Waals surface area contributed by atoms with Gasteiger partial charge in [0.2, 0.25) is 0 Å². The highest BCUT2D eigenvalue weighted by Gasteiger charge is 2.17. The fourth-order valence-corrected chi connectivity index (χ4v) is 2.46. The number of H-pyrrole nitrogens is 2. The first-order valence-corrected chi connectivity index (χ1v) is 7.37. The number of carbonyl (C=O) groups is 1. The molecule has 0 unspecified atom stereocenters. The molecule has 0 spiro atoms. The van der Waals surface area contributed by atoms with Crippen molar-refractivity contribution in [3.05, 3.63) is 49.5 Å². The third-order valence-electron chi connectivity index (χ3n) is 3.89. The topological polar surface area (TPSA) is 104 Å². The first-order chi connectivity index (χ1) is 10.8. The molecule has 2 N–H and O–H groups in total. The lowest BCUT2D eigenvalue weighted by molar-refractivity contribution is 0.0790. The van der Waals surface area contributed by atoms with Gasteiger partial charge >= 0.3 is 5.69 Å². The molecule has 0 bridgehead atoms. The Morgan fingerprint density at radius 1 is 1.35 bits per heavy atom. The van der Waals surface area contributed by atoms with Gasteiger partial charge in [-0.15, -0.1) is 0 Å². The fourth-order valence-electron chi connectivity index (χ4n) is 2.46. The number of hydrogen-bond acceptors (Lipinski definition) is 4. The van der Waals surface area contributed by atoms with Crippen molar-refractivity contribution >= 4 is 5.91 Å². The Morgan fingerprint density at radius 2 is 2.04 bits per heavy atom. The number of nitrogens with zero attached hydrogens (tertiary/aromatic N) is 3. The van der Waals surface area contributed by atoms with E-state index in [1.807, 2.05) is 13.8 Å². The fraction of sp³-hybridized carbons (Fsp3) is 0.467. The van der Waals surface area contributed by atoms with Gasteiger partial charge in [0, 0.05) is 32.5 Å². The van der Waals surface area contributed by atoms with Crippen molar-refractivity contribution in [2.24, 2.45) is 7.05 Å². The van der Waals surface area contributed by atoms with Crippen LogP contribution in [0.1, 0.15) is 33.7 Å². The van der Waals surface area contributed by atoms with Crippen molar-refractivity contribution in [2.45, 2.75) is 26.7 Å². The molecular weight excluding hydrogens is 298 g/mol. The van der Waals surface area contributed by atoms with Gasteiger partial charge in [-0.2, -0.15) is 5.10 Å². The second-order valence-electron chi connectivity index (χ2n) is 5.66. The zero-order valence-corrected chi connectivity index (χ0v) is 13.8. The molecule has 0 aromatic carbocycles. The lowest BCUT2D eigenvalue weighted by Crippen LogP contribution is -2.37. The number of aromatic amines is 2. The van der Waals surface area contributed by atoms with E-state index < -0.39 is 17.2 Å². The Labute approximate surface area is 133 Å². The van der Waals surface area contributed by atoms with Gasteiger partial charge in [0.15, 0.2) is 0 Å². The van der Waals surface area contributed by atoms with Gasteiger partial charge in [0.1, 0.15) is 5.56 Å². The molecule has 0 aliphatic carbocycles. The molecule has 2 aromatic heterocycles. The van der Waals surface area contributed by atoms with Crippen LogP contribution in [0.25, 0.3) is 0 Å². The van der Waals surface area contributed by atoms with Crippen molar-refractivity contribution in [2.75, 3.05) is 13.6 Å². The van der Waals surface area contributed by atoms with Gasteiger partial charge in [-0.25, -0.2) is 4.79 Å². The van der Waals surface area contributed by atoms with Gasteiger partial charge in [-0.1, -0.05) is 0 Å². The smallest absolute Gasteiger partial charge is 0.328 e. The Kier molecular flexibility index (Phi) is 4.83. The number of hydrogen-bond donors (Lipinski definition) is 2. The van der Waals surface area contributed by atoms with E-state index in [2.05, 4.69) is 15.2 Å². The molecular formula is C15H21N5O3. The number of carbonyl (C=O) groups excluding carboxylic acids is 1. The Balaban J connectivity index is 2.02. The number of aromatic nitrogens is 4. The SMILES string of the molecule is Cc1n[nH]c(C)c1CCCN(C)C(=O)c1cn(C)c(=O)[nH]c1=O.